The standard InChI is InChI=1S/C20H27NO4/c1-2-25-18-5-3-4-16(8-18)19(22)21-9-17-11-24-14-20(17,12-21)13-23-10-15-6-7-15/h3-5,8,15,17H,2,6-7,9-14H2,1H3/t17-,20-/m1/s1. The molecule has 1 saturated carbocycles. The summed E-state index contributed by atoms with van der Waals surface area (Å²) in [6.07, 6.45) is 2.60. The number of carbonyl (C=O) groups is 1. The SMILES string of the molecule is CCOc1cccc(C(=O)N2C[C@@H]3COC[C@]3(COCC3CC3)C2)c1. The Morgan fingerprint density at radius 1 is 1.40 bits per heavy atom. The zero-order valence-electron chi connectivity index (χ0n) is 14.9. The zero-order valence-corrected chi connectivity index (χ0v) is 14.9. The monoisotopic (exact) mass is 345 g/mol. The summed E-state index contributed by atoms with van der Waals surface area (Å²) in [7, 11) is 0. The average molecular weight is 345 g/mol. The van der Waals surface area contributed by atoms with Gasteiger partial charge in [0.25, 0.3) is 5.91 Å². The Morgan fingerprint density at radius 3 is 3.08 bits per heavy atom. The number of nitrogens with zero attached hydrogens (tertiary/aromatic N) is 1. The minimum atomic E-state index is -0.0257. The third-order valence-electron chi connectivity index (χ3n) is 5.64. The molecule has 1 aromatic carbocycles. The molecule has 5 nitrogen and oxygen atoms in total. The van der Waals surface area contributed by atoms with Gasteiger partial charge in [0, 0.05) is 36.6 Å². The molecule has 1 amide bonds. The molecule has 2 saturated heterocycles. The molecule has 2 aliphatic heterocycles. The van der Waals surface area contributed by atoms with E-state index in [4.69, 9.17) is 14.2 Å². The number of benzene rings is 1. The first-order valence-electron chi connectivity index (χ1n) is 9.38. The normalized spacial score (nSPS) is 28.2. The van der Waals surface area contributed by atoms with Crippen LogP contribution in [0.2, 0.25) is 0 Å². The van der Waals surface area contributed by atoms with E-state index in [0.29, 0.717) is 31.3 Å². The van der Waals surface area contributed by atoms with Crippen molar-refractivity contribution in [3.8, 4) is 5.75 Å². The highest BCUT2D eigenvalue weighted by molar-refractivity contribution is 5.94. The summed E-state index contributed by atoms with van der Waals surface area (Å²) in [5.41, 5.74) is 0.670. The Hall–Kier alpha value is -1.59. The first-order valence-corrected chi connectivity index (χ1v) is 9.38. The second-order valence-electron chi connectivity index (χ2n) is 7.68. The summed E-state index contributed by atoms with van der Waals surface area (Å²) in [5, 5.41) is 0. The minimum Gasteiger partial charge on any atom is -0.494 e. The van der Waals surface area contributed by atoms with Crippen molar-refractivity contribution >= 4 is 5.91 Å². The fraction of sp³-hybridized carbons (Fsp3) is 0.650. The number of amides is 1. The lowest BCUT2D eigenvalue weighted by molar-refractivity contribution is 0.0223. The van der Waals surface area contributed by atoms with E-state index in [2.05, 4.69) is 0 Å². The number of likely N-dealkylation sites (tertiary alicyclic amines) is 1. The molecule has 3 aliphatic rings. The van der Waals surface area contributed by atoms with Gasteiger partial charge in [-0.2, -0.15) is 0 Å². The van der Waals surface area contributed by atoms with Crippen LogP contribution in [-0.4, -0.2) is 56.9 Å². The highest BCUT2D eigenvalue weighted by Crippen LogP contribution is 2.42. The number of carbonyl (C=O) groups excluding carboxylic acids is 1. The molecule has 25 heavy (non-hydrogen) atoms. The van der Waals surface area contributed by atoms with Gasteiger partial charge in [0.05, 0.1) is 26.4 Å². The summed E-state index contributed by atoms with van der Waals surface area (Å²) < 4.78 is 17.3. The minimum absolute atomic E-state index is 0.0257. The lowest BCUT2D eigenvalue weighted by atomic mass is 9.82. The molecular formula is C20H27NO4. The average Bonchev–Trinajstić information content (AvgIpc) is 3.24. The van der Waals surface area contributed by atoms with Gasteiger partial charge in [0.1, 0.15) is 5.75 Å². The van der Waals surface area contributed by atoms with Crippen LogP contribution in [-0.2, 0) is 9.47 Å². The highest BCUT2D eigenvalue weighted by Gasteiger charge is 2.52. The highest BCUT2D eigenvalue weighted by atomic mass is 16.5. The van der Waals surface area contributed by atoms with Gasteiger partial charge in [-0.15, -0.1) is 0 Å². The van der Waals surface area contributed by atoms with Gasteiger partial charge < -0.3 is 19.1 Å². The largest absolute Gasteiger partial charge is 0.494 e. The fourth-order valence-corrected chi connectivity index (χ4v) is 3.97. The third kappa shape index (κ3) is 3.53. The molecule has 2 atom stereocenters. The summed E-state index contributed by atoms with van der Waals surface area (Å²) in [5.74, 6) is 1.97. The van der Waals surface area contributed by atoms with Crippen molar-refractivity contribution in [2.45, 2.75) is 19.8 Å². The summed E-state index contributed by atoms with van der Waals surface area (Å²) in [4.78, 5) is 14.9. The van der Waals surface area contributed by atoms with Gasteiger partial charge in [0.2, 0.25) is 0 Å². The van der Waals surface area contributed by atoms with E-state index < -0.39 is 0 Å². The summed E-state index contributed by atoms with van der Waals surface area (Å²) in [6, 6.07) is 7.48. The number of fused-ring (bicyclic) bond motifs is 1. The number of rotatable bonds is 7. The molecule has 3 fully saturated rings. The molecule has 0 aromatic heterocycles. The molecule has 0 unspecified atom stereocenters. The molecule has 2 heterocycles. The second kappa shape index (κ2) is 6.96. The van der Waals surface area contributed by atoms with Gasteiger partial charge in [-0.25, -0.2) is 0 Å². The van der Waals surface area contributed by atoms with Crippen LogP contribution >= 0.6 is 0 Å². The lowest BCUT2D eigenvalue weighted by Gasteiger charge is -2.27. The molecule has 136 valence electrons. The van der Waals surface area contributed by atoms with Crippen LogP contribution in [0.15, 0.2) is 24.3 Å². The Morgan fingerprint density at radius 2 is 2.28 bits per heavy atom. The summed E-state index contributed by atoms with van der Waals surface area (Å²) in [6.45, 7) is 7.02. The van der Waals surface area contributed by atoms with E-state index in [-0.39, 0.29) is 11.3 Å². The van der Waals surface area contributed by atoms with E-state index in [0.717, 1.165) is 38.0 Å². The van der Waals surface area contributed by atoms with E-state index >= 15 is 0 Å². The molecular weight excluding hydrogens is 318 g/mol. The van der Waals surface area contributed by atoms with Gasteiger partial charge in [-0.3, -0.25) is 4.79 Å². The fourth-order valence-electron chi connectivity index (χ4n) is 3.97. The van der Waals surface area contributed by atoms with Crippen LogP contribution in [0.25, 0.3) is 0 Å². The van der Waals surface area contributed by atoms with E-state index in [9.17, 15) is 4.79 Å². The second-order valence-corrected chi connectivity index (χ2v) is 7.68. The maximum Gasteiger partial charge on any atom is 0.254 e. The maximum absolute atomic E-state index is 13.0. The van der Waals surface area contributed by atoms with Gasteiger partial charge in [-0.1, -0.05) is 6.07 Å². The molecule has 1 aromatic rings. The van der Waals surface area contributed by atoms with Crippen molar-refractivity contribution in [1.29, 1.82) is 0 Å². The number of hydrogen-bond acceptors (Lipinski definition) is 4. The van der Waals surface area contributed by atoms with E-state index in [1.165, 1.54) is 12.8 Å². The van der Waals surface area contributed by atoms with Crippen LogP contribution < -0.4 is 4.74 Å². The lowest BCUT2D eigenvalue weighted by Crippen LogP contribution is -2.37. The Labute approximate surface area is 149 Å². The van der Waals surface area contributed by atoms with Gasteiger partial charge in [-0.05, 0) is 43.9 Å². The third-order valence-corrected chi connectivity index (χ3v) is 5.64. The van der Waals surface area contributed by atoms with E-state index in [1.807, 2.05) is 36.1 Å². The zero-order chi connectivity index (χ0) is 17.3. The van der Waals surface area contributed by atoms with Crippen molar-refractivity contribution in [1.82, 2.24) is 4.90 Å². The first kappa shape index (κ1) is 16.9. The van der Waals surface area contributed by atoms with Gasteiger partial charge in [0.15, 0.2) is 0 Å². The smallest absolute Gasteiger partial charge is 0.254 e. The van der Waals surface area contributed by atoms with Crippen LogP contribution in [0.4, 0.5) is 0 Å². The molecule has 4 rings (SSSR count). The number of ether oxygens (including phenoxy) is 3. The first-order chi connectivity index (χ1) is 12.2. The molecule has 1 aliphatic carbocycles. The van der Waals surface area contributed by atoms with Crippen LogP contribution in [0, 0.1) is 17.3 Å². The molecule has 5 heteroatoms. The Kier molecular flexibility index (Phi) is 4.69. The Balaban J connectivity index is 1.42. The van der Waals surface area contributed by atoms with Crippen molar-refractivity contribution < 1.29 is 19.0 Å². The molecule has 0 bridgehead atoms. The van der Waals surface area contributed by atoms with E-state index in [1.54, 1.807) is 0 Å². The van der Waals surface area contributed by atoms with Crippen molar-refractivity contribution in [2.24, 2.45) is 17.3 Å². The predicted octanol–water partition coefficient (Wildman–Crippen LogP) is 2.60. The molecule has 0 N–H and O–H groups in total. The van der Waals surface area contributed by atoms with Crippen molar-refractivity contribution in [3.05, 3.63) is 29.8 Å². The Bertz CT molecular complexity index is 630. The number of hydrogen-bond donors (Lipinski definition) is 0. The van der Waals surface area contributed by atoms with Crippen LogP contribution in [0.5, 0.6) is 5.75 Å². The quantitative estimate of drug-likeness (QED) is 0.762. The molecule has 0 radical (unpaired) electrons. The van der Waals surface area contributed by atoms with Crippen LogP contribution in [0.1, 0.15) is 30.1 Å². The van der Waals surface area contributed by atoms with Crippen LogP contribution in [0.3, 0.4) is 0 Å². The van der Waals surface area contributed by atoms with Crippen molar-refractivity contribution in [3.63, 3.8) is 0 Å². The summed E-state index contributed by atoms with van der Waals surface area (Å²) >= 11 is 0. The molecule has 0 spiro atoms. The predicted molar refractivity (Wildman–Crippen MR) is 93.8 cm³/mol. The van der Waals surface area contributed by atoms with Crippen molar-refractivity contribution in [2.75, 3.05) is 46.1 Å². The topological polar surface area (TPSA) is 48.0 Å². The van der Waals surface area contributed by atoms with Gasteiger partial charge >= 0.3 is 0 Å². The maximum atomic E-state index is 13.0.